The lowest BCUT2D eigenvalue weighted by molar-refractivity contribution is 0.120. The SMILES string of the molecule is COC(=O)Oc1cc2cccc(OC)c2cc1O. The van der Waals surface area contributed by atoms with Crippen molar-refractivity contribution < 1.29 is 24.1 Å². The minimum absolute atomic E-state index is 0.0441. The second-order valence-corrected chi connectivity index (χ2v) is 3.56. The third-order valence-corrected chi connectivity index (χ3v) is 2.50. The Bertz CT molecular complexity index is 591. The maximum absolute atomic E-state index is 11.0. The van der Waals surface area contributed by atoms with Crippen LogP contribution in [-0.4, -0.2) is 25.5 Å². The molecule has 0 aliphatic heterocycles. The standard InChI is InChI=1S/C13H12O5/c1-16-11-5-3-4-8-6-12(18-13(15)17-2)10(14)7-9(8)11/h3-7,14H,1-2H3. The molecule has 0 aromatic heterocycles. The number of benzene rings is 2. The first kappa shape index (κ1) is 12.0. The molecule has 0 bridgehead atoms. The van der Waals surface area contributed by atoms with E-state index in [1.807, 2.05) is 6.07 Å². The summed E-state index contributed by atoms with van der Waals surface area (Å²) in [6.07, 6.45) is -0.882. The first-order chi connectivity index (χ1) is 8.65. The Morgan fingerprint density at radius 1 is 1.17 bits per heavy atom. The molecule has 18 heavy (non-hydrogen) atoms. The van der Waals surface area contributed by atoms with Gasteiger partial charge in [0.2, 0.25) is 0 Å². The molecule has 94 valence electrons. The van der Waals surface area contributed by atoms with Gasteiger partial charge < -0.3 is 19.3 Å². The van der Waals surface area contributed by atoms with E-state index in [0.29, 0.717) is 5.75 Å². The van der Waals surface area contributed by atoms with Crippen LogP contribution >= 0.6 is 0 Å². The van der Waals surface area contributed by atoms with Crippen LogP contribution in [0.1, 0.15) is 0 Å². The third-order valence-electron chi connectivity index (χ3n) is 2.50. The van der Waals surface area contributed by atoms with Crippen LogP contribution in [0.2, 0.25) is 0 Å². The van der Waals surface area contributed by atoms with Crippen LogP contribution in [0.25, 0.3) is 10.8 Å². The summed E-state index contributed by atoms with van der Waals surface area (Å²) in [5, 5.41) is 11.3. The van der Waals surface area contributed by atoms with Gasteiger partial charge in [0, 0.05) is 5.39 Å². The molecule has 1 N–H and O–H groups in total. The van der Waals surface area contributed by atoms with Crippen LogP contribution in [-0.2, 0) is 4.74 Å². The molecule has 2 aromatic carbocycles. The normalized spacial score (nSPS) is 10.1. The van der Waals surface area contributed by atoms with Crippen molar-refractivity contribution in [3.05, 3.63) is 30.3 Å². The van der Waals surface area contributed by atoms with E-state index >= 15 is 0 Å². The Balaban J connectivity index is 2.52. The first-order valence-corrected chi connectivity index (χ1v) is 5.21. The molecular formula is C13H12O5. The van der Waals surface area contributed by atoms with Gasteiger partial charge in [-0.1, -0.05) is 12.1 Å². The molecule has 0 saturated heterocycles. The summed E-state index contributed by atoms with van der Waals surface area (Å²) < 4.78 is 14.4. The molecule has 0 amide bonds. The fourth-order valence-corrected chi connectivity index (χ4v) is 1.66. The van der Waals surface area contributed by atoms with Crippen molar-refractivity contribution in [1.29, 1.82) is 0 Å². The van der Waals surface area contributed by atoms with Crippen LogP contribution in [0.3, 0.4) is 0 Å². The van der Waals surface area contributed by atoms with Crippen LogP contribution < -0.4 is 9.47 Å². The largest absolute Gasteiger partial charge is 0.513 e. The van der Waals surface area contributed by atoms with Gasteiger partial charge in [-0.05, 0) is 23.6 Å². The predicted molar refractivity (Wildman–Crippen MR) is 65.2 cm³/mol. The van der Waals surface area contributed by atoms with Gasteiger partial charge in [0.15, 0.2) is 11.5 Å². The minimum atomic E-state index is -0.882. The van der Waals surface area contributed by atoms with Gasteiger partial charge >= 0.3 is 6.16 Å². The topological polar surface area (TPSA) is 65.0 Å². The van der Waals surface area contributed by atoms with Crippen LogP contribution in [0, 0.1) is 0 Å². The van der Waals surface area contributed by atoms with E-state index in [1.165, 1.54) is 13.2 Å². The Labute approximate surface area is 104 Å². The highest BCUT2D eigenvalue weighted by atomic mass is 16.7. The molecule has 5 heteroatoms. The number of methoxy groups -OCH3 is 2. The average molecular weight is 248 g/mol. The Kier molecular flexibility index (Phi) is 3.23. The monoisotopic (exact) mass is 248 g/mol. The summed E-state index contributed by atoms with van der Waals surface area (Å²) in [5.41, 5.74) is 0. The number of ether oxygens (including phenoxy) is 3. The molecule has 0 heterocycles. The van der Waals surface area contributed by atoms with Crippen molar-refractivity contribution in [2.75, 3.05) is 14.2 Å². The van der Waals surface area contributed by atoms with E-state index < -0.39 is 6.16 Å². The summed E-state index contributed by atoms with van der Waals surface area (Å²) in [4.78, 5) is 11.0. The fourth-order valence-electron chi connectivity index (χ4n) is 1.66. The number of carbonyl (C=O) groups is 1. The van der Waals surface area contributed by atoms with Crippen molar-refractivity contribution >= 4 is 16.9 Å². The first-order valence-electron chi connectivity index (χ1n) is 5.21. The van der Waals surface area contributed by atoms with E-state index in [0.717, 1.165) is 10.8 Å². The molecule has 0 unspecified atom stereocenters. The van der Waals surface area contributed by atoms with Crippen molar-refractivity contribution in [2.24, 2.45) is 0 Å². The Hall–Kier alpha value is -2.43. The molecule has 0 aliphatic rings. The summed E-state index contributed by atoms with van der Waals surface area (Å²) in [7, 11) is 2.74. The van der Waals surface area contributed by atoms with E-state index in [4.69, 9.17) is 9.47 Å². The second-order valence-electron chi connectivity index (χ2n) is 3.56. The zero-order valence-corrected chi connectivity index (χ0v) is 9.97. The van der Waals surface area contributed by atoms with E-state index in [2.05, 4.69) is 4.74 Å². The highest BCUT2D eigenvalue weighted by Crippen LogP contribution is 2.35. The number of phenolic OH excluding ortho intramolecular Hbond substituents is 1. The van der Waals surface area contributed by atoms with Gasteiger partial charge in [0.25, 0.3) is 0 Å². The maximum atomic E-state index is 11.0. The molecule has 0 fully saturated rings. The lowest BCUT2D eigenvalue weighted by Crippen LogP contribution is -2.07. The Morgan fingerprint density at radius 2 is 1.94 bits per heavy atom. The smallest absolute Gasteiger partial charge is 0.504 e. The molecular weight excluding hydrogens is 236 g/mol. The van der Waals surface area contributed by atoms with Gasteiger partial charge in [-0.2, -0.15) is 0 Å². The average Bonchev–Trinajstić information content (AvgIpc) is 2.38. The third kappa shape index (κ3) is 2.15. The highest BCUT2D eigenvalue weighted by Gasteiger charge is 2.12. The summed E-state index contributed by atoms with van der Waals surface area (Å²) in [6.45, 7) is 0. The quantitative estimate of drug-likeness (QED) is 0.653. The lowest BCUT2D eigenvalue weighted by atomic mass is 10.1. The number of fused-ring (bicyclic) bond motifs is 1. The van der Waals surface area contributed by atoms with Gasteiger partial charge in [-0.15, -0.1) is 0 Å². The molecule has 0 radical (unpaired) electrons. The number of aromatic hydroxyl groups is 1. The molecule has 0 saturated carbocycles. The van der Waals surface area contributed by atoms with Crippen LogP contribution in [0.5, 0.6) is 17.2 Å². The summed E-state index contributed by atoms with van der Waals surface area (Å²) in [6, 6.07) is 8.43. The van der Waals surface area contributed by atoms with Gasteiger partial charge in [-0.25, -0.2) is 4.79 Å². The van der Waals surface area contributed by atoms with E-state index in [-0.39, 0.29) is 11.5 Å². The molecule has 0 aliphatic carbocycles. The van der Waals surface area contributed by atoms with Crippen molar-refractivity contribution in [3.63, 3.8) is 0 Å². The van der Waals surface area contributed by atoms with Gasteiger partial charge in [-0.3, -0.25) is 0 Å². The molecule has 5 nitrogen and oxygen atoms in total. The number of hydrogen-bond donors (Lipinski definition) is 1. The van der Waals surface area contributed by atoms with E-state index in [1.54, 1.807) is 25.3 Å². The highest BCUT2D eigenvalue weighted by molar-refractivity contribution is 5.91. The number of rotatable bonds is 2. The Morgan fingerprint density at radius 3 is 2.61 bits per heavy atom. The van der Waals surface area contributed by atoms with Crippen LogP contribution in [0.15, 0.2) is 30.3 Å². The predicted octanol–water partition coefficient (Wildman–Crippen LogP) is 2.70. The summed E-state index contributed by atoms with van der Waals surface area (Å²) in [5.74, 6) is 0.521. The molecule has 2 rings (SSSR count). The molecule has 0 atom stereocenters. The minimum Gasteiger partial charge on any atom is -0.504 e. The number of phenols is 1. The van der Waals surface area contributed by atoms with Crippen LogP contribution in [0.4, 0.5) is 4.79 Å². The van der Waals surface area contributed by atoms with Crippen molar-refractivity contribution in [1.82, 2.24) is 0 Å². The zero-order chi connectivity index (χ0) is 13.1. The van der Waals surface area contributed by atoms with Crippen molar-refractivity contribution in [3.8, 4) is 17.2 Å². The number of carbonyl (C=O) groups excluding carboxylic acids is 1. The number of hydrogen-bond acceptors (Lipinski definition) is 5. The van der Waals surface area contributed by atoms with Crippen molar-refractivity contribution in [2.45, 2.75) is 0 Å². The van der Waals surface area contributed by atoms with Gasteiger partial charge in [0.1, 0.15) is 5.75 Å². The second kappa shape index (κ2) is 4.83. The summed E-state index contributed by atoms with van der Waals surface area (Å²) >= 11 is 0. The maximum Gasteiger partial charge on any atom is 0.513 e. The molecule has 2 aromatic rings. The zero-order valence-electron chi connectivity index (χ0n) is 9.97. The van der Waals surface area contributed by atoms with Gasteiger partial charge in [0.05, 0.1) is 14.2 Å². The van der Waals surface area contributed by atoms with E-state index in [9.17, 15) is 9.90 Å². The molecule has 0 spiro atoms. The fraction of sp³-hybridized carbons (Fsp3) is 0.154. The lowest BCUT2D eigenvalue weighted by Gasteiger charge is -2.09.